The summed E-state index contributed by atoms with van der Waals surface area (Å²) in [6.45, 7) is 10.4. The second-order valence-corrected chi connectivity index (χ2v) is 13.5. The molecule has 0 N–H and O–H groups in total. The van der Waals surface area contributed by atoms with Crippen LogP contribution in [0.15, 0.2) is 0 Å². The van der Waals surface area contributed by atoms with E-state index >= 15 is 0 Å². The summed E-state index contributed by atoms with van der Waals surface area (Å²) in [5.41, 5.74) is 0. The molecular formula is C10H24O5SeSi2. The summed E-state index contributed by atoms with van der Waals surface area (Å²) in [4.78, 5) is 1.85. The van der Waals surface area contributed by atoms with Crippen LogP contribution in [0.3, 0.4) is 0 Å². The van der Waals surface area contributed by atoms with E-state index in [-0.39, 0.29) is 0 Å². The van der Waals surface area contributed by atoms with Crippen molar-refractivity contribution in [1.29, 1.82) is 0 Å². The van der Waals surface area contributed by atoms with Crippen molar-refractivity contribution in [3.8, 4) is 0 Å². The van der Waals surface area contributed by atoms with Crippen LogP contribution in [0.25, 0.3) is 0 Å². The van der Waals surface area contributed by atoms with Crippen LogP contribution in [-0.2, 0) is 21.8 Å². The Labute approximate surface area is 118 Å². The molecule has 0 aromatic rings. The molecule has 0 radical (unpaired) electrons. The fraction of sp³-hybridized carbons (Fsp3) is 1.00. The molecule has 1 aliphatic heterocycles. The molecule has 1 fully saturated rings. The molecule has 8 heteroatoms. The minimum absolute atomic E-state index is 0.422. The van der Waals surface area contributed by atoms with E-state index in [1.807, 2.05) is 27.7 Å². The van der Waals surface area contributed by atoms with Gasteiger partial charge in [0.15, 0.2) is 0 Å². The number of rotatable bonds is 8. The first kappa shape index (κ1) is 16.8. The van der Waals surface area contributed by atoms with Crippen molar-refractivity contribution < 1.29 is 21.8 Å². The molecule has 0 spiro atoms. The van der Waals surface area contributed by atoms with E-state index in [9.17, 15) is 0 Å². The Hall–Kier alpha value is 0.753. The van der Waals surface area contributed by atoms with Gasteiger partial charge in [-0.15, -0.1) is 0 Å². The van der Waals surface area contributed by atoms with Crippen LogP contribution in [-0.4, -0.2) is 59.0 Å². The Bertz CT molecular complexity index is 199. The van der Waals surface area contributed by atoms with Gasteiger partial charge in [-0.2, -0.15) is 0 Å². The Morgan fingerprint density at radius 2 is 1.11 bits per heavy atom. The minimum atomic E-state index is -2.55. The van der Waals surface area contributed by atoms with Gasteiger partial charge in [0, 0.05) is 0 Å². The topological polar surface area (TPSA) is 46.2 Å². The normalized spacial score (nSPS) is 22.0. The van der Waals surface area contributed by atoms with Gasteiger partial charge in [-0.3, -0.25) is 0 Å². The van der Waals surface area contributed by atoms with Gasteiger partial charge in [-0.1, -0.05) is 0 Å². The van der Waals surface area contributed by atoms with Crippen LogP contribution in [0.1, 0.15) is 27.7 Å². The van der Waals surface area contributed by atoms with Gasteiger partial charge in [0.05, 0.1) is 0 Å². The summed E-state index contributed by atoms with van der Waals surface area (Å²) in [6.07, 6.45) is 0. The summed E-state index contributed by atoms with van der Waals surface area (Å²) in [5, 5.41) is 0. The predicted molar refractivity (Wildman–Crippen MR) is 74.5 cm³/mol. The maximum absolute atomic E-state index is 6.23. The maximum atomic E-state index is 6.23. The van der Waals surface area contributed by atoms with Crippen molar-refractivity contribution in [2.75, 3.05) is 26.4 Å². The molecule has 0 aliphatic carbocycles. The number of hydrogen-bond acceptors (Lipinski definition) is 5. The predicted octanol–water partition coefficient (Wildman–Crippen LogP) is 1.66. The van der Waals surface area contributed by atoms with Crippen LogP contribution in [0, 0.1) is 0 Å². The van der Waals surface area contributed by atoms with E-state index in [0.717, 1.165) is 9.89 Å². The van der Waals surface area contributed by atoms with E-state index in [4.69, 9.17) is 21.8 Å². The van der Waals surface area contributed by atoms with Crippen LogP contribution < -0.4 is 0 Å². The van der Waals surface area contributed by atoms with Gasteiger partial charge in [0.2, 0.25) is 0 Å². The molecule has 5 nitrogen and oxygen atoms in total. The average molecular weight is 359 g/mol. The quantitative estimate of drug-likeness (QED) is 0.617. The second-order valence-electron chi connectivity index (χ2n) is 3.69. The zero-order chi connectivity index (χ0) is 13.5. The van der Waals surface area contributed by atoms with Crippen molar-refractivity contribution in [2.24, 2.45) is 0 Å². The third-order valence-electron chi connectivity index (χ3n) is 2.33. The van der Waals surface area contributed by atoms with E-state index in [2.05, 4.69) is 0 Å². The fourth-order valence-electron chi connectivity index (χ4n) is 1.84. The molecule has 1 saturated heterocycles. The number of hydrogen-bond donors (Lipinski definition) is 0. The molecule has 1 heterocycles. The Balaban J connectivity index is 2.81. The van der Waals surface area contributed by atoms with Crippen LogP contribution in [0.2, 0.25) is 9.89 Å². The van der Waals surface area contributed by atoms with Crippen molar-refractivity contribution in [3.63, 3.8) is 0 Å². The van der Waals surface area contributed by atoms with Crippen molar-refractivity contribution in [1.82, 2.24) is 0 Å². The molecule has 0 amide bonds. The van der Waals surface area contributed by atoms with E-state index < -0.39 is 17.6 Å². The molecule has 1 aliphatic rings. The zero-order valence-electron chi connectivity index (χ0n) is 11.7. The van der Waals surface area contributed by atoms with Gasteiger partial charge in [0.25, 0.3) is 0 Å². The summed E-state index contributed by atoms with van der Waals surface area (Å²) in [7, 11) is -5.11. The van der Waals surface area contributed by atoms with E-state index in [1.54, 1.807) is 0 Å². The second kappa shape index (κ2) is 8.13. The molecule has 0 unspecified atom stereocenters. The van der Waals surface area contributed by atoms with Crippen molar-refractivity contribution >= 4 is 32.6 Å². The monoisotopic (exact) mass is 360 g/mol. The molecule has 0 atom stereocenters. The van der Waals surface area contributed by atoms with E-state index in [0.29, 0.717) is 41.4 Å². The van der Waals surface area contributed by atoms with Gasteiger partial charge in [-0.25, -0.2) is 0 Å². The molecule has 18 heavy (non-hydrogen) atoms. The Morgan fingerprint density at radius 1 is 0.778 bits per heavy atom. The third kappa shape index (κ3) is 4.40. The summed E-state index contributed by atoms with van der Waals surface area (Å²) < 4.78 is 29.6. The molecule has 0 bridgehead atoms. The fourth-order valence-corrected chi connectivity index (χ4v) is 17.7. The van der Waals surface area contributed by atoms with Gasteiger partial charge in [0.1, 0.15) is 0 Å². The molecule has 0 aromatic carbocycles. The summed E-state index contributed by atoms with van der Waals surface area (Å²) in [5.74, 6) is 0. The van der Waals surface area contributed by atoms with Crippen molar-refractivity contribution in [3.05, 3.63) is 0 Å². The Morgan fingerprint density at radius 3 is 1.39 bits per heavy atom. The van der Waals surface area contributed by atoms with Crippen LogP contribution in [0.5, 0.6) is 0 Å². The SMILES string of the molecule is CCO[Si]1(OCC)C[Se]C[Si](OCC)(OCC)O1. The zero-order valence-corrected chi connectivity index (χ0v) is 15.4. The first-order valence-electron chi connectivity index (χ1n) is 6.49. The molecule has 1 rings (SSSR count). The van der Waals surface area contributed by atoms with Crippen LogP contribution >= 0.6 is 0 Å². The van der Waals surface area contributed by atoms with Crippen molar-refractivity contribution in [2.45, 2.75) is 37.6 Å². The molecule has 108 valence electrons. The Kier molecular flexibility index (Phi) is 7.59. The van der Waals surface area contributed by atoms with Crippen LogP contribution in [0.4, 0.5) is 0 Å². The van der Waals surface area contributed by atoms with Gasteiger partial charge >= 0.3 is 118 Å². The average Bonchev–Trinajstić information content (AvgIpc) is 2.30. The molecule has 0 saturated carbocycles. The van der Waals surface area contributed by atoms with E-state index in [1.165, 1.54) is 0 Å². The summed E-state index contributed by atoms with van der Waals surface area (Å²) in [6, 6.07) is 0. The molecular weight excluding hydrogens is 335 g/mol. The first-order chi connectivity index (χ1) is 8.66. The first-order valence-corrected chi connectivity index (χ1v) is 12.8. The van der Waals surface area contributed by atoms with Gasteiger partial charge < -0.3 is 0 Å². The van der Waals surface area contributed by atoms with Gasteiger partial charge in [-0.05, 0) is 0 Å². The molecule has 0 aromatic heterocycles. The summed E-state index contributed by atoms with van der Waals surface area (Å²) >= 11 is 0.422. The standard InChI is InChI=1S/C10H24O5SeSi2/c1-5-11-17(12-6-2)9-16-10-18(15-17,13-7-3)14-8-4/h5-10H2,1-4H3. The third-order valence-corrected chi connectivity index (χ3v) is 15.9.